The van der Waals surface area contributed by atoms with Gasteiger partial charge in [-0.3, -0.25) is 0 Å². The van der Waals surface area contributed by atoms with Crippen LogP contribution in [-0.2, 0) is 4.74 Å². The van der Waals surface area contributed by atoms with Gasteiger partial charge in [0.15, 0.2) is 11.3 Å². The van der Waals surface area contributed by atoms with Crippen molar-refractivity contribution in [3.8, 4) is 0 Å². The van der Waals surface area contributed by atoms with Crippen molar-refractivity contribution in [3.05, 3.63) is 21.8 Å². The smallest absolute Gasteiger partial charge is 0.357 e. The molecule has 2 N–H and O–H groups in total. The number of pyridine rings is 1. The minimum atomic E-state index is -0.472. The van der Waals surface area contributed by atoms with E-state index in [1.807, 2.05) is 0 Å². The Morgan fingerprint density at radius 2 is 2.31 bits per heavy atom. The zero-order valence-corrected chi connectivity index (χ0v) is 10.3. The summed E-state index contributed by atoms with van der Waals surface area (Å²) < 4.78 is 6.79. The van der Waals surface area contributed by atoms with Gasteiger partial charge in [0.05, 0.1) is 11.6 Å². The number of fused-ring (bicyclic) bond motifs is 1. The van der Waals surface area contributed by atoms with Gasteiger partial charge < -0.3 is 10.5 Å². The number of nitrogens with zero attached hydrogens (tertiary/aromatic N) is 3. The number of rotatable bonds is 1. The molecule has 0 amide bonds. The molecule has 0 unspecified atom stereocenters. The lowest BCUT2D eigenvalue weighted by atomic mass is 10.2. The molecule has 0 bridgehead atoms. The van der Waals surface area contributed by atoms with Crippen molar-refractivity contribution >= 4 is 33.5 Å². The van der Waals surface area contributed by atoms with Crippen LogP contribution in [0.3, 0.4) is 0 Å². The van der Waals surface area contributed by atoms with E-state index in [9.17, 15) is 4.79 Å². The number of carbonyl (C=O) groups excluding carboxylic acids is 1. The standard InChI is InChI=1S/C9H9BrN4O2/c1-4-3-5(10)7-12-9(11)13-14(7)6(4)8(15)16-2/h3H,1-2H3,(H2,11,13). The van der Waals surface area contributed by atoms with Gasteiger partial charge in [-0.05, 0) is 34.5 Å². The van der Waals surface area contributed by atoms with Crippen molar-refractivity contribution in [1.29, 1.82) is 0 Å². The second-order valence-electron chi connectivity index (χ2n) is 3.22. The highest BCUT2D eigenvalue weighted by Gasteiger charge is 2.18. The van der Waals surface area contributed by atoms with Crippen LogP contribution >= 0.6 is 15.9 Å². The maximum absolute atomic E-state index is 11.6. The summed E-state index contributed by atoms with van der Waals surface area (Å²) in [6, 6.07) is 1.77. The number of methoxy groups -OCH3 is 1. The Labute approximate surface area is 99.5 Å². The molecule has 0 saturated heterocycles. The van der Waals surface area contributed by atoms with Crippen molar-refractivity contribution in [1.82, 2.24) is 14.6 Å². The van der Waals surface area contributed by atoms with E-state index in [0.29, 0.717) is 11.3 Å². The summed E-state index contributed by atoms with van der Waals surface area (Å²) in [5.74, 6) is -0.364. The van der Waals surface area contributed by atoms with E-state index in [-0.39, 0.29) is 5.95 Å². The van der Waals surface area contributed by atoms with Crippen LogP contribution in [0.5, 0.6) is 0 Å². The van der Waals surface area contributed by atoms with E-state index >= 15 is 0 Å². The topological polar surface area (TPSA) is 82.5 Å². The van der Waals surface area contributed by atoms with Gasteiger partial charge in [-0.2, -0.15) is 4.98 Å². The van der Waals surface area contributed by atoms with Crippen molar-refractivity contribution in [2.24, 2.45) is 0 Å². The van der Waals surface area contributed by atoms with Crippen LogP contribution < -0.4 is 5.73 Å². The van der Waals surface area contributed by atoms with Gasteiger partial charge in [-0.25, -0.2) is 9.31 Å². The SMILES string of the molecule is COC(=O)c1c(C)cc(Br)c2nc(N)nn12. The Kier molecular flexibility index (Phi) is 2.55. The number of esters is 1. The number of anilines is 1. The van der Waals surface area contributed by atoms with Crippen LogP contribution in [0.1, 0.15) is 16.1 Å². The van der Waals surface area contributed by atoms with Crippen LogP contribution in [0.4, 0.5) is 5.95 Å². The summed E-state index contributed by atoms with van der Waals surface area (Å²) in [6.07, 6.45) is 0. The van der Waals surface area contributed by atoms with Gasteiger partial charge in [-0.15, -0.1) is 5.10 Å². The van der Waals surface area contributed by atoms with E-state index in [1.54, 1.807) is 13.0 Å². The van der Waals surface area contributed by atoms with Crippen LogP contribution in [0.2, 0.25) is 0 Å². The first-order valence-corrected chi connectivity index (χ1v) is 5.23. The summed E-state index contributed by atoms with van der Waals surface area (Å²) in [5.41, 5.74) is 7.05. The lowest BCUT2D eigenvalue weighted by Gasteiger charge is -2.06. The molecule has 0 aromatic carbocycles. The fourth-order valence-electron chi connectivity index (χ4n) is 1.47. The van der Waals surface area contributed by atoms with Gasteiger partial charge in [0.2, 0.25) is 5.95 Å². The molecule has 2 aromatic rings. The Balaban J connectivity index is 2.86. The van der Waals surface area contributed by atoms with Crippen LogP contribution in [0.25, 0.3) is 5.65 Å². The molecule has 0 aliphatic rings. The second-order valence-corrected chi connectivity index (χ2v) is 4.08. The third-order valence-electron chi connectivity index (χ3n) is 2.14. The van der Waals surface area contributed by atoms with Gasteiger partial charge in [-0.1, -0.05) is 0 Å². The predicted octanol–water partition coefficient (Wildman–Crippen LogP) is 1.17. The Hall–Kier alpha value is -1.63. The quantitative estimate of drug-likeness (QED) is 0.795. The second kappa shape index (κ2) is 3.75. The third kappa shape index (κ3) is 1.53. The number of carbonyl (C=O) groups is 1. The average Bonchev–Trinajstić information content (AvgIpc) is 2.59. The number of hydrogen-bond donors (Lipinski definition) is 1. The van der Waals surface area contributed by atoms with E-state index in [2.05, 4.69) is 26.0 Å². The summed E-state index contributed by atoms with van der Waals surface area (Å²) >= 11 is 3.34. The van der Waals surface area contributed by atoms with E-state index < -0.39 is 5.97 Å². The molecule has 0 radical (unpaired) electrons. The number of nitrogen functional groups attached to an aromatic ring is 1. The van der Waals surface area contributed by atoms with E-state index in [1.165, 1.54) is 11.6 Å². The fraction of sp³-hybridized carbons (Fsp3) is 0.222. The van der Waals surface area contributed by atoms with Gasteiger partial charge >= 0.3 is 5.97 Å². The highest BCUT2D eigenvalue weighted by atomic mass is 79.9. The number of hydrogen-bond acceptors (Lipinski definition) is 5. The van der Waals surface area contributed by atoms with Crippen molar-refractivity contribution in [2.75, 3.05) is 12.8 Å². The predicted molar refractivity (Wildman–Crippen MR) is 61.2 cm³/mol. The molecule has 0 aliphatic carbocycles. The zero-order chi connectivity index (χ0) is 11.9. The van der Waals surface area contributed by atoms with Crippen LogP contribution in [0, 0.1) is 6.92 Å². The highest BCUT2D eigenvalue weighted by Crippen LogP contribution is 2.22. The summed E-state index contributed by atoms with van der Waals surface area (Å²) in [4.78, 5) is 15.6. The molecule has 2 heterocycles. The molecule has 6 nitrogen and oxygen atoms in total. The van der Waals surface area contributed by atoms with E-state index in [0.717, 1.165) is 10.0 Å². The average molecular weight is 285 g/mol. The molecule has 7 heteroatoms. The Morgan fingerprint density at radius 1 is 1.62 bits per heavy atom. The molecule has 16 heavy (non-hydrogen) atoms. The molecular formula is C9H9BrN4O2. The first-order chi connectivity index (χ1) is 7.54. The molecule has 0 saturated carbocycles. The lowest BCUT2D eigenvalue weighted by Crippen LogP contribution is -2.12. The van der Waals surface area contributed by atoms with Gasteiger partial charge in [0.25, 0.3) is 0 Å². The van der Waals surface area contributed by atoms with Gasteiger partial charge in [0.1, 0.15) is 0 Å². The summed E-state index contributed by atoms with van der Waals surface area (Å²) in [7, 11) is 1.32. The maximum Gasteiger partial charge on any atom is 0.357 e. The number of nitrogens with two attached hydrogens (primary N) is 1. The van der Waals surface area contributed by atoms with Crippen molar-refractivity contribution < 1.29 is 9.53 Å². The van der Waals surface area contributed by atoms with Crippen molar-refractivity contribution in [3.63, 3.8) is 0 Å². The minimum absolute atomic E-state index is 0.108. The number of halogens is 1. The van der Waals surface area contributed by atoms with Gasteiger partial charge in [0, 0.05) is 0 Å². The normalized spacial score (nSPS) is 10.7. The van der Waals surface area contributed by atoms with Crippen LogP contribution in [0.15, 0.2) is 10.5 Å². The van der Waals surface area contributed by atoms with Crippen molar-refractivity contribution in [2.45, 2.75) is 6.92 Å². The minimum Gasteiger partial charge on any atom is -0.464 e. The molecule has 0 spiro atoms. The monoisotopic (exact) mass is 284 g/mol. The summed E-state index contributed by atoms with van der Waals surface area (Å²) in [6.45, 7) is 1.79. The van der Waals surface area contributed by atoms with E-state index in [4.69, 9.17) is 10.5 Å². The largest absolute Gasteiger partial charge is 0.464 e. The molecule has 0 aliphatic heterocycles. The Morgan fingerprint density at radius 3 is 2.94 bits per heavy atom. The zero-order valence-electron chi connectivity index (χ0n) is 8.69. The lowest BCUT2D eigenvalue weighted by molar-refractivity contribution is 0.0590. The molecule has 2 aromatic heterocycles. The number of aromatic nitrogens is 3. The number of aryl methyl sites for hydroxylation is 1. The number of ether oxygens (including phenoxy) is 1. The third-order valence-corrected chi connectivity index (χ3v) is 2.73. The van der Waals surface area contributed by atoms with Crippen LogP contribution in [-0.4, -0.2) is 27.7 Å². The Bertz CT molecular complexity index is 578. The molecular weight excluding hydrogens is 276 g/mol. The molecule has 0 atom stereocenters. The molecule has 2 rings (SSSR count). The fourth-order valence-corrected chi connectivity index (χ4v) is 2.07. The highest BCUT2D eigenvalue weighted by molar-refractivity contribution is 9.10. The maximum atomic E-state index is 11.6. The summed E-state index contributed by atoms with van der Waals surface area (Å²) in [5, 5.41) is 3.96. The first-order valence-electron chi connectivity index (χ1n) is 4.44. The first kappa shape index (κ1) is 10.9. The molecule has 84 valence electrons. The molecule has 0 fully saturated rings.